The molecule has 7 heteroatoms. The van der Waals surface area contributed by atoms with E-state index in [9.17, 15) is 19.5 Å². The molecule has 1 heterocycles. The molecule has 2 aliphatic carbocycles. The second-order valence-corrected chi connectivity index (χ2v) is 7.79. The normalized spacial score (nSPS) is 28.8. The van der Waals surface area contributed by atoms with Crippen LogP contribution in [0, 0.1) is 37.5 Å². The van der Waals surface area contributed by atoms with Crippen LogP contribution in [-0.2, 0) is 9.59 Å². The van der Waals surface area contributed by atoms with Gasteiger partial charge in [-0.2, -0.15) is 0 Å². The summed E-state index contributed by atoms with van der Waals surface area (Å²) in [4.78, 5) is 36.8. The molecule has 2 fully saturated rings. The van der Waals surface area contributed by atoms with Crippen molar-refractivity contribution < 1.29 is 19.5 Å². The lowest BCUT2D eigenvalue weighted by molar-refractivity contribution is -0.148. The topological polar surface area (TPSA) is 109 Å². The van der Waals surface area contributed by atoms with Crippen LogP contribution < -0.4 is 11.1 Å². The van der Waals surface area contributed by atoms with Crippen LogP contribution in [0.15, 0.2) is 0 Å². The number of fused-ring (bicyclic) bond motifs is 2. The number of nitrogens with one attached hydrogen (secondary N) is 1. The maximum atomic E-state index is 12.7. The number of thiophene rings is 1. The van der Waals surface area contributed by atoms with Gasteiger partial charge in [0.15, 0.2) is 0 Å². The average molecular weight is 336 g/mol. The Labute approximate surface area is 138 Å². The summed E-state index contributed by atoms with van der Waals surface area (Å²) in [5.74, 6) is -2.69. The largest absolute Gasteiger partial charge is 0.481 e. The second-order valence-electron chi connectivity index (χ2n) is 6.56. The molecule has 4 unspecified atom stereocenters. The van der Waals surface area contributed by atoms with Gasteiger partial charge in [0, 0.05) is 4.88 Å². The standard InChI is InChI=1S/C16H20N2O4S/c1-6-7(2)23-15(10(6)13(17)19)18-14(20)11-8-3-4-9(5-8)12(11)16(21)22/h8-9,11-12H,3-5H2,1-2H3,(H2,17,19)(H,18,20)(H,21,22). The highest BCUT2D eigenvalue weighted by atomic mass is 32.1. The molecule has 1 aromatic heterocycles. The Morgan fingerprint density at radius 2 is 1.78 bits per heavy atom. The Morgan fingerprint density at radius 3 is 2.35 bits per heavy atom. The van der Waals surface area contributed by atoms with E-state index in [1.54, 1.807) is 6.92 Å². The molecule has 124 valence electrons. The predicted molar refractivity (Wildman–Crippen MR) is 86.4 cm³/mol. The van der Waals surface area contributed by atoms with E-state index in [1.165, 1.54) is 11.3 Å². The lowest BCUT2D eigenvalue weighted by atomic mass is 9.79. The zero-order valence-electron chi connectivity index (χ0n) is 13.1. The summed E-state index contributed by atoms with van der Waals surface area (Å²) in [6.07, 6.45) is 2.59. The van der Waals surface area contributed by atoms with Crippen LogP contribution in [0.3, 0.4) is 0 Å². The number of carbonyl (C=O) groups excluding carboxylic acids is 2. The molecular weight excluding hydrogens is 316 g/mol. The third-order valence-electron chi connectivity index (χ3n) is 5.37. The highest BCUT2D eigenvalue weighted by Crippen LogP contribution is 2.52. The van der Waals surface area contributed by atoms with Crippen LogP contribution in [0.5, 0.6) is 0 Å². The fraction of sp³-hybridized carbons (Fsp3) is 0.562. The van der Waals surface area contributed by atoms with Crippen LogP contribution in [-0.4, -0.2) is 22.9 Å². The summed E-state index contributed by atoms with van der Waals surface area (Å²) in [6, 6.07) is 0. The van der Waals surface area contributed by atoms with Crippen LogP contribution in [0.25, 0.3) is 0 Å². The van der Waals surface area contributed by atoms with Crippen molar-refractivity contribution in [1.82, 2.24) is 0 Å². The molecule has 0 aliphatic heterocycles. The third kappa shape index (κ3) is 2.52. The summed E-state index contributed by atoms with van der Waals surface area (Å²) in [5.41, 5.74) is 6.51. The first-order chi connectivity index (χ1) is 10.8. The summed E-state index contributed by atoms with van der Waals surface area (Å²) in [6.45, 7) is 3.65. The average Bonchev–Trinajstić information content (AvgIpc) is 3.12. The Kier molecular flexibility index (Phi) is 3.91. The molecule has 2 bridgehead atoms. The van der Waals surface area contributed by atoms with Crippen LogP contribution in [0.1, 0.15) is 40.1 Å². The number of primary amides is 1. The van der Waals surface area contributed by atoms with E-state index < -0.39 is 23.7 Å². The molecule has 0 aromatic carbocycles. The molecule has 4 N–H and O–H groups in total. The smallest absolute Gasteiger partial charge is 0.307 e. The summed E-state index contributed by atoms with van der Waals surface area (Å²) in [5, 5.41) is 12.7. The van der Waals surface area contributed by atoms with Gasteiger partial charge in [-0.3, -0.25) is 14.4 Å². The molecule has 0 radical (unpaired) electrons. The van der Waals surface area contributed by atoms with Crippen molar-refractivity contribution in [2.24, 2.45) is 29.4 Å². The van der Waals surface area contributed by atoms with Gasteiger partial charge < -0.3 is 16.2 Å². The van der Waals surface area contributed by atoms with Gasteiger partial charge in [-0.15, -0.1) is 11.3 Å². The lowest BCUT2D eigenvalue weighted by Crippen LogP contribution is -2.38. The Morgan fingerprint density at radius 1 is 1.17 bits per heavy atom. The first-order valence-electron chi connectivity index (χ1n) is 7.74. The van der Waals surface area contributed by atoms with E-state index >= 15 is 0 Å². The van der Waals surface area contributed by atoms with E-state index in [0.717, 1.165) is 29.7 Å². The minimum Gasteiger partial charge on any atom is -0.481 e. The molecule has 4 atom stereocenters. The Bertz CT molecular complexity index is 696. The number of hydrogen-bond donors (Lipinski definition) is 3. The van der Waals surface area contributed by atoms with Crippen molar-refractivity contribution in [3.8, 4) is 0 Å². The first kappa shape index (κ1) is 16.0. The molecular formula is C16H20N2O4S. The summed E-state index contributed by atoms with van der Waals surface area (Å²) < 4.78 is 0. The van der Waals surface area contributed by atoms with E-state index in [2.05, 4.69) is 5.32 Å². The molecule has 6 nitrogen and oxygen atoms in total. The van der Waals surface area contributed by atoms with E-state index in [0.29, 0.717) is 10.6 Å². The number of rotatable bonds is 4. The number of carbonyl (C=O) groups is 3. The SMILES string of the molecule is Cc1sc(NC(=O)C2C3CCC(C3)C2C(=O)O)c(C(N)=O)c1C. The van der Waals surface area contributed by atoms with Gasteiger partial charge in [-0.05, 0) is 50.5 Å². The van der Waals surface area contributed by atoms with Crippen molar-refractivity contribution >= 4 is 34.1 Å². The van der Waals surface area contributed by atoms with Crippen LogP contribution in [0.2, 0.25) is 0 Å². The van der Waals surface area contributed by atoms with Crippen molar-refractivity contribution in [3.63, 3.8) is 0 Å². The number of nitrogens with two attached hydrogens (primary N) is 1. The Hall–Kier alpha value is -1.89. The quantitative estimate of drug-likeness (QED) is 0.782. The van der Waals surface area contributed by atoms with Crippen molar-refractivity contribution in [2.45, 2.75) is 33.1 Å². The molecule has 23 heavy (non-hydrogen) atoms. The minimum absolute atomic E-state index is 0.0932. The number of amides is 2. The van der Waals surface area contributed by atoms with Gasteiger partial charge in [0.25, 0.3) is 5.91 Å². The van der Waals surface area contributed by atoms with Crippen molar-refractivity contribution in [2.75, 3.05) is 5.32 Å². The number of aliphatic carboxylic acids is 1. The number of aryl methyl sites for hydroxylation is 1. The molecule has 2 aliphatic rings. The number of carboxylic acids is 1. The summed E-state index contributed by atoms with van der Waals surface area (Å²) >= 11 is 1.31. The number of anilines is 1. The summed E-state index contributed by atoms with van der Waals surface area (Å²) in [7, 11) is 0. The lowest BCUT2D eigenvalue weighted by Gasteiger charge is -2.26. The first-order valence-corrected chi connectivity index (χ1v) is 8.56. The van der Waals surface area contributed by atoms with Gasteiger partial charge in [0.05, 0.1) is 17.4 Å². The maximum absolute atomic E-state index is 12.7. The molecule has 2 saturated carbocycles. The highest BCUT2D eigenvalue weighted by Gasteiger charge is 2.54. The monoisotopic (exact) mass is 336 g/mol. The Balaban J connectivity index is 1.86. The zero-order valence-corrected chi connectivity index (χ0v) is 13.9. The molecule has 1 aromatic rings. The molecule has 3 rings (SSSR count). The van der Waals surface area contributed by atoms with Crippen molar-refractivity contribution in [3.05, 3.63) is 16.0 Å². The van der Waals surface area contributed by atoms with E-state index in [-0.39, 0.29) is 17.7 Å². The zero-order chi connectivity index (χ0) is 16.9. The highest BCUT2D eigenvalue weighted by molar-refractivity contribution is 7.16. The molecule has 0 spiro atoms. The number of carboxylic acid groups (broad SMARTS) is 1. The molecule has 2 amide bonds. The minimum atomic E-state index is -0.897. The van der Waals surface area contributed by atoms with Crippen LogP contribution in [0.4, 0.5) is 5.00 Å². The van der Waals surface area contributed by atoms with Gasteiger partial charge in [-0.1, -0.05) is 0 Å². The van der Waals surface area contributed by atoms with E-state index in [4.69, 9.17) is 5.73 Å². The predicted octanol–water partition coefficient (Wildman–Crippen LogP) is 2.15. The molecule has 0 saturated heterocycles. The van der Waals surface area contributed by atoms with Crippen LogP contribution >= 0.6 is 11.3 Å². The van der Waals surface area contributed by atoms with Gasteiger partial charge in [-0.25, -0.2) is 0 Å². The van der Waals surface area contributed by atoms with Crippen molar-refractivity contribution in [1.29, 1.82) is 0 Å². The maximum Gasteiger partial charge on any atom is 0.307 e. The third-order valence-corrected chi connectivity index (χ3v) is 6.50. The number of hydrogen-bond acceptors (Lipinski definition) is 4. The van der Waals surface area contributed by atoms with Gasteiger partial charge >= 0.3 is 5.97 Å². The van der Waals surface area contributed by atoms with Gasteiger partial charge in [0.1, 0.15) is 5.00 Å². The van der Waals surface area contributed by atoms with E-state index in [1.807, 2.05) is 6.92 Å². The fourth-order valence-corrected chi connectivity index (χ4v) is 5.30. The fourth-order valence-electron chi connectivity index (χ4n) is 4.23. The second kappa shape index (κ2) is 5.63. The van der Waals surface area contributed by atoms with Gasteiger partial charge in [0.2, 0.25) is 5.91 Å².